The Morgan fingerprint density at radius 2 is 1.88 bits per heavy atom. The monoisotopic (exact) mass is 357 g/mol. The van der Waals surface area contributed by atoms with E-state index < -0.39 is 0 Å². The van der Waals surface area contributed by atoms with Crippen molar-refractivity contribution in [3.05, 3.63) is 24.3 Å². The molecule has 0 spiro atoms. The van der Waals surface area contributed by atoms with E-state index in [9.17, 15) is 9.59 Å². The molecule has 8 heteroatoms. The van der Waals surface area contributed by atoms with E-state index >= 15 is 0 Å². The lowest BCUT2D eigenvalue weighted by atomic mass is 10.2. The molecule has 1 aromatic rings. The Balaban J connectivity index is 0.00000288. The molecular formula is C16H24ClN3O4. The highest BCUT2D eigenvalue weighted by atomic mass is 35.5. The first-order chi connectivity index (χ1) is 11.2. The number of amides is 2. The first-order valence-electron chi connectivity index (χ1n) is 7.71. The maximum Gasteiger partial charge on any atom is 0.253 e. The Hall–Kier alpha value is -1.67. The van der Waals surface area contributed by atoms with Crippen LogP contribution in [0.15, 0.2) is 24.3 Å². The van der Waals surface area contributed by atoms with Crippen molar-refractivity contribution in [2.24, 2.45) is 0 Å². The van der Waals surface area contributed by atoms with Crippen LogP contribution < -0.4 is 16.0 Å². The molecule has 1 fully saturated rings. The standard InChI is InChI=1S/C16H23N3O4.ClH/c1-22-10-8-17-11-15(20)18-12-4-6-13(7-5-12)19-16(21)14-3-2-9-23-14;/h4-7,14,17H,2-3,8-11H2,1H3,(H,18,20)(H,19,21);1H. The fraction of sp³-hybridized carbons (Fsp3) is 0.500. The van der Waals surface area contributed by atoms with Crippen LogP contribution in [-0.4, -0.2) is 51.3 Å². The third-order valence-electron chi connectivity index (χ3n) is 3.43. The van der Waals surface area contributed by atoms with Gasteiger partial charge in [0.2, 0.25) is 5.91 Å². The van der Waals surface area contributed by atoms with E-state index in [1.807, 2.05) is 0 Å². The number of hydrogen-bond donors (Lipinski definition) is 3. The van der Waals surface area contributed by atoms with Gasteiger partial charge in [-0.15, -0.1) is 12.4 Å². The van der Waals surface area contributed by atoms with Crippen LogP contribution in [0.1, 0.15) is 12.8 Å². The summed E-state index contributed by atoms with van der Waals surface area (Å²) in [7, 11) is 1.61. The number of methoxy groups -OCH3 is 1. The molecule has 24 heavy (non-hydrogen) atoms. The summed E-state index contributed by atoms with van der Waals surface area (Å²) in [6.07, 6.45) is 1.32. The highest BCUT2D eigenvalue weighted by molar-refractivity contribution is 5.95. The molecule has 2 amide bonds. The van der Waals surface area contributed by atoms with Gasteiger partial charge in [-0.3, -0.25) is 9.59 Å². The Morgan fingerprint density at radius 3 is 2.46 bits per heavy atom. The third-order valence-corrected chi connectivity index (χ3v) is 3.43. The van der Waals surface area contributed by atoms with E-state index in [2.05, 4.69) is 16.0 Å². The average Bonchev–Trinajstić information content (AvgIpc) is 3.08. The van der Waals surface area contributed by atoms with Crippen LogP contribution >= 0.6 is 12.4 Å². The summed E-state index contributed by atoms with van der Waals surface area (Å²) in [6.45, 7) is 2.05. The van der Waals surface area contributed by atoms with Gasteiger partial charge in [-0.1, -0.05) is 0 Å². The van der Waals surface area contributed by atoms with Gasteiger partial charge in [0, 0.05) is 31.6 Å². The van der Waals surface area contributed by atoms with Crippen molar-refractivity contribution in [3.8, 4) is 0 Å². The van der Waals surface area contributed by atoms with Gasteiger partial charge in [0.15, 0.2) is 0 Å². The van der Waals surface area contributed by atoms with Crippen molar-refractivity contribution in [1.82, 2.24) is 5.32 Å². The van der Waals surface area contributed by atoms with Gasteiger partial charge in [-0.05, 0) is 37.1 Å². The van der Waals surface area contributed by atoms with Gasteiger partial charge in [-0.25, -0.2) is 0 Å². The summed E-state index contributed by atoms with van der Waals surface area (Å²) in [5, 5.41) is 8.55. The lowest BCUT2D eigenvalue weighted by molar-refractivity contribution is -0.124. The van der Waals surface area contributed by atoms with E-state index in [1.54, 1.807) is 31.4 Å². The summed E-state index contributed by atoms with van der Waals surface area (Å²) in [5.74, 6) is -0.251. The second kappa shape index (κ2) is 11.0. The zero-order valence-electron chi connectivity index (χ0n) is 13.7. The molecule has 0 aromatic heterocycles. The van der Waals surface area contributed by atoms with Gasteiger partial charge in [0.1, 0.15) is 6.10 Å². The Morgan fingerprint density at radius 1 is 1.21 bits per heavy atom. The number of rotatable bonds is 8. The summed E-state index contributed by atoms with van der Waals surface area (Å²) in [6, 6.07) is 7.00. The van der Waals surface area contributed by atoms with Crippen LogP contribution in [0.4, 0.5) is 11.4 Å². The topological polar surface area (TPSA) is 88.7 Å². The summed E-state index contributed by atoms with van der Waals surface area (Å²) < 4.78 is 10.2. The van der Waals surface area contributed by atoms with E-state index in [0.29, 0.717) is 31.1 Å². The average molecular weight is 358 g/mol. The molecule has 1 aliphatic heterocycles. The van der Waals surface area contributed by atoms with Crippen molar-refractivity contribution in [3.63, 3.8) is 0 Å². The van der Waals surface area contributed by atoms with Crippen LogP contribution in [0.25, 0.3) is 0 Å². The molecule has 0 bridgehead atoms. The SMILES string of the molecule is COCCNCC(=O)Nc1ccc(NC(=O)C2CCCO2)cc1.Cl. The number of hydrogen-bond acceptors (Lipinski definition) is 5. The fourth-order valence-corrected chi connectivity index (χ4v) is 2.23. The van der Waals surface area contributed by atoms with Crippen LogP contribution in [0.3, 0.4) is 0 Å². The maximum absolute atomic E-state index is 11.9. The van der Waals surface area contributed by atoms with Crippen LogP contribution in [0.5, 0.6) is 0 Å². The molecule has 1 unspecified atom stereocenters. The second-order valence-electron chi connectivity index (χ2n) is 5.29. The second-order valence-corrected chi connectivity index (χ2v) is 5.29. The molecule has 1 atom stereocenters. The number of carbonyl (C=O) groups is 2. The molecule has 3 N–H and O–H groups in total. The summed E-state index contributed by atoms with van der Waals surface area (Å²) in [5.41, 5.74) is 1.36. The molecule has 1 aliphatic rings. The molecule has 0 saturated carbocycles. The van der Waals surface area contributed by atoms with Crippen molar-refractivity contribution in [1.29, 1.82) is 0 Å². The number of nitrogens with one attached hydrogen (secondary N) is 3. The number of anilines is 2. The largest absolute Gasteiger partial charge is 0.383 e. The Bertz CT molecular complexity index is 519. The molecule has 0 radical (unpaired) electrons. The third kappa shape index (κ3) is 6.84. The lowest BCUT2D eigenvalue weighted by Crippen LogP contribution is -2.30. The Labute approximate surface area is 147 Å². The number of carbonyl (C=O) groups excluding carboxylic acids is 2. The highest BCUT2D eigenvalue weighted by Gasteiger charge is 2.23. The van der Waals surface area contributed by atoms with Crippen LogP contribution in [0.2, 0.25) is 0 Å². The predicted molar refractivity (Wildman–Crippen MR) is 94.7 cm³/mol. The normalized spacial score (nSPS) is 16.3. The zero-order valence-corrected chi connectivity index (χ0v) is 14.5. The fourth-order valence-electron chi connectivity index (χ4n) is 2.23. The van der Waals surface area contributed by atoms with E-state index in [4.69, 9.17) is 9.47 Å². The van der Waals surface area contributed by atoms with Gasteiger partial charge in [0.05, 0.1) is 13.2 Å². The molecule has 1 aromatic carbocycles. The van der Waals surface area contributed by atoms with Crippen LogP contribution in [0, 0.1) is 0 Å². The van der Waals surface area contributed by atoms with E-state index in [0.717, 1.165) is 12.8 Å². The maximum atomic E-state index is 11.9. The molecular weight excluding hydrogens is 334 g/mol. The van der Waals surface area contributed by atoms with Crippen LogP contribution in [-0.2, 0) is 19.1 Å². The molecule has 1 heterocycles. The quantitative estimate of drug-likeness (QED) is 0.612. The number of halogens is 1. The highest BCUT2D eigenvalue weighted by Crippen LogP contribution is 2.17. The van der Waals surface area contributed by atoms with Gasteiger partial charge >= 0.3 is 0 Å². The Kier molecular flexibility index (Phi) is 9.33. The van der Waals surface area contributed by atoms with Crippen molar-refractivity contribution >= 4 is 35.6 Å². The minimum Gasteiger partial charge on any atom is -0.383 e. The lowest BCUT2D eigenvalue weighted by Gasteiger charge is -2.11. The van der Waals surface area contributed by atoms with Gasteiger partial charge in [0.25, 0.3) is 5.91 Å². The van der Waals surface area contributed by atoms with E-state index in [-0.39, 0.29) is 36.9 Å². The molecule has 134 valence electrons. The molecule has 2 rings (SSSR count). The van der Waals surface area contributed by atoms with Gasteiger partial charge < -0.3 is 25.4 Å². The minimum absolute atomic E-state index is 0. The zero-order chi connectivity index (χ0) is 16.5. The van der Waals surface area contributed by atoms with Crippen molar-refractivity contribution < 1.29 is 19.1 Å². The predicted octanol–water partition coefficient (Wildman–Crippen LogP) is 1.40. The molecule has 1 saturated heterocycles. The first-order valence-corrected chi connectivity index (χ1v) is 7.71. The van der Waals surface area contributed by atoms with Crippen molar-refractivity contribution in [2.45, 2.75) is 18.9 Å². The molecule has 0 aliphatic carbocycles. The minimum atomic E-state index is -0.354. The van der Waals surface area contributed by atoms with Crippen molar-refractivity contribution in [2.75, 3.05) is 44.0 Å². The first kappa shape index (κ1) is 20.4. The van der Waals surface area contributed by atoms with E-state index in [1.165, 1.54) is 0 Å². The number of ether oxygens (including phenoxy) is 2. The summed E-state index contributed by atoms with van der Waals surface area (Å²) >= 11 is 0. The molecule has 7 nitrogen and oxygen atoms in total. The van der Waals surface area contributed by atoms with Gasteiger partial charge in [-0.2, -0.15) is 0 Å². The number of benzene rings is 1. The smallest absolute Gasteiger partial charge is 0.253 e. The summed E-state index contributed by atoms with van der Waals surface area (Å²) in [4.78, 5) is 23.6.